The van der Waals surface area contributed by atoms with Crippen molar-refractivity contribution in [2.45, 2.75) is 38.4 Å². The van der Waals surface area contributed by atoms with Crippen LogP contribution in [0.3, 0.4) is 0 Å². The molecule has 6 nitrogen and oxygen atoms in total. The topological polar surface area (TPSA) is 52.8 Å². The Balaban J connectivity index is 1.42. The second kappa shape index (κ2) is 7.44. The third-order valence-corrected chi connectivity index (χ3v) is 6.10. The van der Waals surface area contributed by atoms with Crippen molar-refractivity contribution in [2.75, 3.05) is 33.2 Å². The van der Waals surface area contributed by atoms with Gasteiger partial charge in [-0.25, -0.2) is 0 Å². The monoisotopic (exact) mass is 368 g/mol. The number of amides is 1. The second-order valence-corrected chi connectivity index (χ2v) is 7.82. The van der Waals surface area contributed by atoms with Crippen LogP contribution in [-0.2, 0) is 17.9 Å². The van der Waals surface area contributed by atoms with E-state index in [1.165, 1.54) is 0 Å². The zero-order valence-electron chi connectivity index (χ0n) is 16.2. The fourth-order valence-electron chi connectivity index (χ4n) is 4.37. The summed E-state index contributed by atoms with van der Waals surface area (Å²) in [4.78, 5) is 24.2. The number of aromatic nitrogens is 1. The summed E-state index contributed by atoms with van der Waals surface area (Å²) < 4.78 is 5.72. The van der Waals surface area contributed by atoms with Gasteiger partial charge in [0.1, 0.15) is 17.1 Å². The van der Waals surface area contributed by atoms with E-state index in [4.69, 9.17) is 4.42 Å². The molecule has 2 aliphatic rings. The molecule has 1 amide bonds. The Labute approximate surface area is 160 Å². The normalized spacial score (nSPS) is 21.1. The molecule has 6 heteroatoms. The first-order valence-corrected chi connectivity index (χ1v) is 9.74. The van der Waals surface area contributed by atoms with Gasteiger partial charge in [-0.3, -0.25) is 19.6 Å². The lowest BCUT2D eigenvalue weighted by molar-refractivity contribution is -0.155. The molecule has 0 N–H and O–H groups in total. The van der Waals surface area contributed by atoms with E-state index in [9.17, 15) is 4.79 Å². The van der Waals surface area contributed by atoms with Crippen molar-refractivity contribution >= 4 is 5.91 Å². The third kappa shape index (κ3) is 3.64. The van der Waals surface area contributed by atoms with Crippen LogP contribution in [0.4, 0.5) is 0 Å². The van der Waals surface area contributed by atoms with Crippen LogP contribution in [0.15, 0.2) is 41.1 Å². The quantitative estimate of drug-likeness (QED) is 0.829. The van der Waals surface area contributed by atoms with Crippen LogP contribution < -0.4 is 0 Å². The van der Waals surface area contributed by atoms with E-state index in [0.717, 1.165) is 62.6 Å². The first-order valence-electron chi connectivity index (χ1n) is 9.74. The molecule has 0 aliphatic carbocycles. The molecule has 144 valence electrons. The zero-order chi connectivity index (χ0) is 18.9. The molecular formula is C21H28N4O2. The highest BCUT2D eigenvalue weighted by molar-refractivity contribution is 5.87. The average molecular weight is 368 g/mol. The molecule has 2 saturated heterocycles. The van der Waals surface area contributed by atoms with Crippen molar-refractivity contribution in [2.24, 2.45) is 0 Å². The maximum Gasteiger partial charge on any atom is 0.243 e. The highest BCUT2D eigenvalue weighted by atomic mass is 16.3. The summed E-state index contributed by atoms with van der Waals surface area (Å²) in [5, 5.41) is 0. The smallest absolute Gasteiger partial charge is 0.243 e. The van der Waals surface area contributed by atoms with Gasteiger partial charge in [-0.15, -0.1) is 0 Å². The Morgan fingerprint density at radius 2 is 1.78 bits per heavy atom. The number of carbonyl (C=O) groups excluding carboxylic acids is 1. The van der Waals surface area contributed by atoms with Gasteiger partial charge in [-0.05, 0) is 56.6 Å². The van der Waals surface area contributed by atoms with Gasteiger partial charge >= 0.3 is 0 Å². The molecule has 0 atom stereocenters. The van der Waals surface area contributed by atoms with Crippen molar-refractivity contribution in [1.29, 1.82) is 0 Å². The van der Waals surface area contributed by atoms with Gasteiger partial charge in [0.25, 0.3) is 0 Å². The van der Waals surface area contributed by atoms with Crippen LogP contribution in [0.2, 0.25) is 0 Å². The van der Waals surface area contributed by atoms with E-state index in [1.54, 1.807) is 12.4 Å². The fourth-order valence-corrected chi connectivity index (χ4v) is 4.37. The van der Waals surface area contributed by atoms with Crippen molar-refractivity contribution in [3.05, 3.63) is 53.7 Å². The molecule has 1 spiro atoms. The minimum Gasteiger partial charge on any atom is -0.465 e. The number of likely N-dealkylation sites (tertiary alicyclic amines) is 1. The molecule has 27 heavy (non-hydrogen) atoms. The van der Waals surface area contributed by atoms with Crippen molar-refractivity contribution in [1.82, 2.24) is 19.7 Å². The minimum atomic E-state index is -0.360. The predicted molar refractivity (Wildman–Crippen MR) is 103 cm³/mol. The summed E-state index contributed by atoms with van der Waals surface area (Å²) in [5.74, 6) is 2.24. The SMILES string of the molecule is Cc1ccc(CN2CCC3(CC2)C(=O)N(Cc2ccncc2)CCN3C)o1. The van der Waals surface area contributed by atoms with Gasteiger partial charge in [-0.2, -0.15) is 0 Å². The molecule has 2 fully saturated rings. The molecule has 2 aliphatic heterocycles. The number of carbonyl (C=O) groups is 1. The average Bonchev–Trinajstić information content (AvgIpc) is 3.09. The van der Waals surface area contributed by atoms with E-state index in [-0.39, 0.29) is 11.4 Å². The molecule has 0 aromatic carbocycles. The maximum atomic E-state index is 13.4. The molecule has 2 aromatic heterocycles. The summed E-state index contributed by atoms with van der Waals surface area (Å²) in [6.45, 7) is 7.01. The number of nitrogens with zero attached hydrogens (tertiary/aromatic N) is 4. The lowest BCUT2D eigenvalue weighted by atomic mass is 9.82. The standard InChI is InChI=1S/C21H28N4O2/c1-17-3-4-19(27-17)16-24-11-7-21(8-12-24)20(26)25(14-13-23(21)2)15-18-5-9-22-10-6-18/h3-6,9-10H,7-8,11-16H2,1-2H3. The second-order valence-electron chi connectivity index (χ2n) is 7.82. The summed E-state index contributed by atoms with van der Waals surface area (Å²) in [6, 6.07) is 8.04. The molecular weight excluding hydrogens is 340 g/mol. The predicted octanol–water partition coefficient (Wildman–Crippen LogP) is 2.29. The van der Waals surface area contributed by atoms with E-state index < -0.39 is 0 Å². The highest BCUT2D eigenvalue weighted by Gasteiger charge is 2.49. The summed E-state index contributed by atoms with van der Waals surface area (Å²) in [5.41, 5.74) is 0.782. The van der Waals surface area contributed by atoms with Crippen molar-refractivity contribution in [3.8, 4) is 0 Å². The van der Waals surface area contributed by atoms with Gasteiger partial charge in [0.05, 0.1) is 6.54 Å². The molecule has 0 saturated carbocycles. The third-order valence-electron chi connectivity index (χ3n) is 6.10. The van der Waals surface area contributed by atoms with Gasteiger partial charge in [-0.1, -0.05) is 0 Å². The van der Waals surface area contributed by atoms with Gasteiger partial charge in [0, 0.05) is 45.1 Å². The van der Waals surface area contributed by atoms with Crippen LogP contribution in [0.25, 0.3) is 0 Å². The Morgan fingerprint density at radius 3 is 2.44 bits per heavy atom. The largest absolute Gasteiger partial charge is 0.465 e. The number of furan rings is 1. The number of hydrogen-bond donors (Lipinski definition) is 0. The van der Waals surface area contributed by atoms with Gasteiger partial charge < -0.3 is 9.32 Å². The van der Waals surface area contributed by atoms with Crippen molar-refractivity contribution < 1.29 is 9.21 Å². The molecule has 4 rings (SSSR count). The summed E-state index contributed by atoms with van der Waals surface area (Å²) >= 11 is 0. The van der Waals surface area contributed by atoms with Crippen LogP contribution in [0.5, 0.6) is 0 Å². The first-order chi connectivity index (χ1) is 13.1. The Bertz CT molecular complexity index is 780. The Kier molecular flexibility index (Phi) is 5.02. The number of piperidine rings is 1. The number of likely N-dealkylation sites (N-methyl/N-ethyl adjacent to an activating group) is 1. The van der Waals surface area contributed by atoms with Gasteiger partial charge in [0.2, 0.25) is 5.91 Å². The Morgan fingerprint density at radius 1 is 1.04 bits per heavy atom. The number of rotatable bonds is 4. The van der Waals surface area contributed by atoms with E-state index in [2.05, 4.69) is 21.8 Å². The van der Waals surface area contributed by atoms with E-state index >= 15 is 0 Å². The van der Waals surface area contributed by atoms with Crippen LogP contribution >= 0.6 is 0 Å². The van der Waals surface area contributed by atoms with Crippen LogP contribution in [0.1, 0.15) is 29.9 Å². The molecule has 0 unspecified atom stereocenters. The first kappa shape index (κ1) is 18.2. The molecule has 0 bridgehead atoms. The van der Waals surface area contributed by atoms with E-state index in [1.807, 2.05) is 36.1 Å². The fraction of sp³-hybridized carbons (Fsp3) is 0.524. The zero-order valence-corrected chi connectivity index (χ0v) is 16.2. The summed E-state index contributed by atoms with van der Waals surface area (Å²) in [7, 11) is 2.10. The minimum absolute atomic E-state index is 0.279. The molecule has 4 heterocycles. The van der Waals surface area contributed by atoms with Crippen LogP contribution in [-0.4, -0.2) is 64.4 Å². The molecule has 2 aromatic rings. The number of piperazine rings is 1. The lowest BCUT2D eigenvalue weighted by Gasteiger charge is -2.51. The Hall–Kier alpha value is -2.18. The number of hydrogen-bond acceptors (Lipinski definition) is 5. The number of pyridine rings is 1. The van der Waals surface area contributed by atoms with Crippen molar-refractivity contribution in [3.63, 3.8) is 0 Å². The van der Waals surface area contributed by atoms with E-state index in [0.29, 0.717) is 6.54 Å². The lowest BCUT2D eigenvalue weighted by Crippen LogP contribution is -2.67. The summed E-state index contributed by atoms with van der Waals surface area (Å²) in [6.07, 6.45) is 5.32. The van der Waals surface area contributed by atoms with Crippen LogP contribution in [0, 0.1) is 6.92 Å². The van der Waals surface area contributed by atoms with Gasteiger partial charge in [0.15, 0.2) is 0 Å². The molecule has 0 radical (unpaired) electrons. The number of aryl methyl sites for hydroxylation is 1. The maximum absolute atomic E-state index is 13.4. The highest BCUT2D eigenvalue weighted by Crippen LogP contribution is 2.34.